The van der Waals surface area contributed by atoms with E-state index < -0.39 is 24.7 Å². The van der Waals surface area contributed by atoms with Crippen LogP contribution in [0.1, 0.15) is 103 Å². The molecule has 0 bridgehead atoms. The normalized spacial score (nSPS) is 15.3. The Balaban J connectivity index is 5.86. The summed E-state index contributed by atoms with van der Waals surface area (Å²) in [6.07, 6.45) is 1.86. The summed E-state index contributed by atoms with van der Waals surface area (Å²) in [6.45, 7) is 40.5. The standard InChI is InChI=1S/C31H64O2Si3/c1-17-35(18-2,19-3)33-30(21-20-22-36(25(4)5,26(6)7)27(8)9)23-28(10)29(11)24-32-34(15,16)31(12,13)14/h25-27,29-30H,10,17-19,21,23-24H2,1-9,11-16H3/t29-,30+/m0/s1. The zero-order valence-electron chi connectivity index (χ0n) is 27.2. The van der Waals surface area contributed by atoms with E-state index in [4.69, 9.17) is 8.85 Å². The molecule has 2 atom stereocenters. The summed E-state index contributed by atoms with van der Waals surface area (Å²) >= 11 is 0. The molecular weight excluding hydrogens is 489 g/mol. The molecule has 0 amide bonds. The van der Waals surface area contributed by atoms with Crippen LogP contribution in [0.3, 0.4) is 0 Å². The van der Waals surface area contributed by atoms with Gasteiger partial charge in [-0.15, -0.1) is 11.5 Å². The quantitative estimate of drug-likeness (QED) is 0.114. The second-order valence-corrected chi connectivity index (χ2v) is 28.8. The van der Waals surface area contributed by atoms with Gasteiger partial charge in [0.15, 0.2) is 16.6 Å². The summed E-state index contributed by atoms with van der Waals surface area (Å²) in [5.41, 5.74) is 7.16. The third-order valence-corrected chi connectivity index (χ3v) is 25.1. The first-order valence-electron chi connectivity index (χ1n) is 14.8. The second-order valence-electron chi connectivity index (χ2n) is 13.7. The minimum atomic E-state index is -1.77. The van der Waals surface area contributed by atoms with Gasteiger partial charge in [0.25, 0.3) is 0 Å². The summed E-state index contributed by atoms with van der Waals surface area (Å²) in [7, 11) is -5.24. The molecule has 0 saturated heterocycles. The first-order valence-corrected chi connectivity index (χ1v) is 22.5. The summed E-state index contributed by atoms with van der Waals surface area (Å²) < 4.78 is 13.6. The summed E-state index contributed by atoms with van der Waals surface area (Å²) in [5.74, 6) is 4.06. The number of hydrogen-bond acceptors (Lipinski definition) is 2. The average molecular weight is 553 g/mol. The fourth-order valence-corrected chi connectivity index (χ4v) is 14.7. The average Bonchev–Trinajstić information content (AvgIpc) is 2.76. The van der Waals surface area contributed by atoms with Crippen LogP contribution in [0.25, 0.3) is 0 Å². The Morgan fingerprint density at radius 1 is 0.833 bits per heavy atom. The molecule has 0 saturated carbocycles. The Bertz CT molecular complexity index is 688. The summed E-state index contributed by atoms with van der Waals surface area (Å²) in [5, 5.41) is 0.226. The van der Waals surface area contributed by atoms with E-state index in [0.29, 0.717) is 22.5 Å². The molecule has 0 aromatic rings. The predicted octanol–water partition coefficient (Wildman–Crippen LogP) is 10.6. The molecule has 0 heterocycles. The third-order valence-electron chi connectivity index (χ3n) is 9.54. The lowest BCUT2D eigenvalue weighted by Gasteiger charge is -2.38. The molecule has 0 aromatic carbocycles. The number of rotatable bonds is 15. The van der Waals surface area contributed by atoms with Crippen LogP contribution in [0.15, 0.2) is 12.2 Å². The van der Waals surface area contributed by atoms with E-state index in [2.05, 4.69) is 121 Å². The van der Waals surface area contributed by atoms with Crippen molar-refractivity contribution in [2.45, 2.75) is 162 Å². The van der Waals surface area contributed by atoms with Crippen molar-refractivity contribution in [1.29, 1.82) is 0 Å². The first kappa shape index (κ1) is 35.9. The maximum Gasteiger partial charge on any atom is 0.192 e. The molecule has 5 heteroatoms. The van der Waals surface area contributed by atoms with Crippen molar-refractivity contribution in [2.75, 3.05) is 6.61 Å². The van der Waals surface area contributed by atoms with Crippen LogP contribution < -0.4 is 0 Å². The molecule has 0 unspecified atom stereocenters. The van der Waals surface area contributed by atoms with Crippen molar-refractivity contribution in [3.8, 4) is 11.5 Å². The highest BCUT2D eigenvalue weighted by molar-refractivity contribution is 6.90. The van der Waals surface area contributed by atoms with Gasteiger partial charge in [-0.2, -0.15) is 0 Å². The van der Waals surface area contributed by atoms with Crippen molar-refractivity contribution in [3.05, 3.63) is 12.2 Å². The van der Waals surface area contributed by atoms with Crippen molar-refractivity contribution >= 4 is 24.7 Å². The Morgan fingerprint density at radius 3 is 1.64 bits per heavy atom. The smallest absolute Gasteiger partial charge is 0.192 e. The highest BCUT2D eigenvalue weighted by atomic mass is 28.4. The topological polar surface area (TPSA) is 18.5 Å². The molecule has 0 aliphatic heterocycles. The zero-order chi connectivity index (χ0) is 28.5. The van der Waals surface area contributed by atoms with Crippen LogP contribution in [-0.2, 0) is 8.85 Å². The van der Waals surface area contributed by atoms with Crippen LogP contribution in [0, 0.1) is 17.4 Å². The molecule has 0 aromatic heterocycles. The lowest BCUT2D eigenvalue weighted by molar-refractivity contribution is 0.183. The highest BCUT2D eigenvalue weighted by Gasteiger charge is 2.42. The fraction of sp³-hybridized carbons (Fsp3) is 0.871. The van der Waals surface area contributed by atoms with Gasteiger partial charge in [0.1, 0.15) is 8.07 Å². The molecule has 0 radical (unpaired) electrons. The van der Waals surface area contributed by atoms with Crippen molar-refractivity contribution in [1.82, 2.24) is 0 Å². The van der Waals surface area contributed by atoms with E-state index in [0.717, 1.165) is 19.4 Å². The van der Waals surface area contributed by atoms with Crippen LogP contribution in [0.2, 0.25) is 52.9 Å². The Kier molecular flexibility index (Phi) is 14.8. The van der Waals surface area contributed by atoms with E-state index in [1.165, 1.54) is 23.7 Å². The molecule has 0 aliphatic carbocycles. The van der Waals surface area contributed by atoms with E-state index in [-0.39, 0.29) is 11.1 Å². The fourth-order valence-electron chi connectivity index (χ4n) is 5.42. The maximum atomic E-state index is 7.06. The molecule has 0 fully saturated rings. The molecule has 0 aliphatic rings. The van der Waals surface area contributed by atoms with Crippen molar-refractivity contribution in [3.63, 3.8) is 0 Å². The SMILES string of the molecule is C=C(C[C@@H](CC#C[Si](C(C)C)(C(C)C)C(C)C)O[Si](CC)(CC)CC)[C@@H](C)CO[Si](C)(C)C(C)(C)C. The van der Waals surface area contributed by atoms with Gasteiger partial charge in [-0.3, -0.25) is 0 Å². The molecule has 0 spiro atoms. The zero-order valence-corrected chi connectivity index (χ0v) is 30.2. The van der Waals surface area contributed by atoms with E-state index >= 15 is 0 Å². The summed E-state index contributed by atoms with van der Waals surface area (Å²) in [6, 6.07) is 3.51. The Morgan fingerprint density at radius 2 is 1.28 bits per heavy atom. The minimum absolute atomic E-state index is 0.144. The second kappa shape index (κ2) is 14.9. The third kappa shape index (κ3) is 9.56. The van der Waals surface area contributed by atoms with Crippen molar-refractivity contribution < 1.29 is 8.85 Å². The lowest BCUT2D eigenvalue weighted by atomic mass is 9.97. The van der Waals surface area contributed by atoms with Crippen LogP contribution in [-0.4, -0.2) is 37.4 Å². The van der Waals surface area contributed by atoms with Crippen LogP contribution in [0.5, 0.6) is 0 Å². The molecule has 0 N–H and O–H groups in total. The molecule has 212 valence electrons. The van der Waals surface area contributed by atoms with Crippen LogP contribution >= 0.6 is 0 Å². The predicted molar refractivity (Wildman–Crippen MR) is 172 cm³/mol. The van der Waals surface area contributed by atoms with Crippen molar-refractivity contribution in [2.24, 2.45) is 5.92 Å². The van der Waals surface area contributed by atoms with Gasteiger partial charge in [0.05, 0.1) is 6.10 Å². The molecule has 0 rings (SSSR count). The van der Waals surface area contributed by atoms with Gasteiger partial charge in [0, 0.05) is 13.0 Å². The largest absolute Gasteiger partial charge is 0.416 e. The Labute approximate surface area is 231 Å². The summed E-state index contributed by atoms with van der Waals surface area (Å²) in [4.78, 5) is 0. The highest BCUT2D eigenvalue weighted by Crippen LogP contribution is 2.41. The van der Waals surface area contributed by atoms with Gasteiger partial charge < -0.3 is 8.85 Å². The Hall–Kier alpha value is -0.129. The minimum Gasteiger partial charge on any atom is -0.416 e. The van der Waals surface area contributed by atoms with E-state index in [9.17, 15) is 0 Å². The van der Waals surface area contributed by atoms with E-state index in [1.54, 1.807) is 0 Å². The van der Waals surface area contributed by atoms with Gasteiger partial charge in [0.2, 0.25) is 0 Å². The molecule has 36 heavy (non-hydrogen) atoms. The molecule has 2 nitrogen and oxygen atoms in total. The lowest BCUT2D eigenvalue weighted by Crippen LogP contribution is -2.43. The van der Waals surface area contributed by atoms with Gasteiger partial charge in [-0.1, -0.05) is 102 Å². The maximum absolute atomic E-state index is 7.06. The van der Waals surface area contributed by atoms with Gasteiger partial charge in [-0.05, 0) is 65.2 Å². The van der Waals surface area contributed by atoms with Gasteiger partial charge in [-0.25, -0.2) is 0 Å². The van der Waals surface area contributed by atoms with E-state index in [1.807, 2.05) is 0 Å². The first-order chi connectivity index (χ1) is 16.4. The van der Waals surface area contributed by atoms with Crippen LogP contribution in [0.4, 0.5) is 0 Å². The number of hydrogen-bond donors (Lipinski definition) is 0. The monoisotopic (exact) mass is 552 g/mol. The van der Waals surface area contributed by atoms with Gasteiger partial charge >= 0.3 is 0 Å². The molecular formula is C31H64O2Si3.